The summed E-state index contributed by atoms with van der Waals surface area (Å²) in [5, 5.41) is 12.4. The van der Waals surface area contributed by atoms with Crippen molar-refractivity contribution in [2.75, 3.05) is 6.61 Å². The molecule has 16 heavy (non-hydrogen) atoms. The molecule has 1 unspecified atom stereocenters. The van der Waals surface area contributed by atoms with E-state index in [0.29, 0.717) is 13.2 Å². The van der Waals surface area contributed by atoms with Crippen molar-refractivity contribution < 1.29 is 9.53 Å². The molecule has 1 saturated heterocycles. The lowest BCUT2D eigenvalue weighted by Gasteiger charge is -2.21. The first kappa shape index (κ1) is 11.5. The molecule has 1 fully saturated rings. The molecule has 0 saturated carbocycles. The summed E-state index contributed by atoms with van der Waals surface area (Å²) in [5.41, 5.74) is -0.653. The zero-order chi connectivity index (χ0) is 11.6. The van der Waals surface area contributed by atoms with Crippen LogP contribution in [-0.2, 0) is 16.1 Å². The van der Waals surface area contributed by atoms with E-state index in [4.69, 9.17) is 4.74 Å². The van der Waals surface area contributed by atoms with Gasteiger partial charge >= 0.3 is 0 Å². The predicted octanol–water partition coefficient (Wildman–Crippen LogP) is 1.03. The minimum absolute atomic E-state index is 0.0575. The van der Waals surface area contributed by atoms with Gasteiger partial charge in [0, 0.05) is 6.61 Å². The highest BCUT2D eigenvalue weighted by Gasteiger charge is 2.37. The fourth-order valence-electron chi connectivity index (χ4n) is 1.71. The molecule has 1 aliphatic rings. The summed E-state index contributed by atoms with van der Waals surface area (Å²) in [6.07, 6.45) is 1.73. The van der Waals surface area contributed by atoms with E-state index in [1.54, 1.807) is 0 Å². The Kier molecular flexibility index (Phi) is 3.20. The fourth-order valence-corrected chi connectivity index (χ4v) is 2.36. The van der Waals surface area contributed by atoms with Gasteiger partial charge < -0.3 is 10.1 Å². The Balaban J connectivity index is 1.88. The smallest absolute Gasteiger partial charge is 0.252 e. The van der Waals surface area contributed by atoms with E-state index in [9.17, 15) is 4.79 Å². The van der Waals surface area contributed by atoms with E-state index in [0.717, 1.165) is 22.9 Å². The lowest BCUT2D eigenvalue weighted by Crippen LogP contribution is -2.43. The topological polar surface area (TPSA) is 64.1 Å². The fraction of sp³-hybridized carbons (Fsp3) is 0.700. The first-order chi connectivity index (χ1) is 7.60. The van der Waals surface area contributed by atoms with Gasteiger partial charge in [0.05, 0.1) is 6.54 Å². The normalized spacial score (nSPS) is 24.6. The van der Waals surface area contributed by atoms with Gasteiger partial charge in [-0.15, -0.1) is 10.2 Å². The third-order valence-corrected chi connectivity index (χ3v) is 3.51. The lowest BCUT2D eigenvalue weighted by molar-refractivity contribution is -0.139. The highest BCUT2D eigenvalue weighted by molar-refractivity contribution is 7.11. The van der Waals surface area contributed by atoms with Crippen LogP contribution in [0.4, 0.5) is 0 Å². The van der Waals surface area contributed by atoms with Gasteiger partial charge in [-0.1, -0.05) is 11.3 Å². The number of aryl methyl sites for hydroxylation is 1. The number of rotatable bonds is 3. The van der Waals surface area contributed by atoms with Crippen LogP contribution in [0.15, 0.2) is 0 Å². The Hall–Kier alpha value is -1.01. The maximum absolute atomic E-state index is 11.9. The van der Waals surface area contributed by atoms with Gasteiger partial charge in [0.15, 0.2) is 0 Å². The quantitative estimate of drug-likeness (QED) is 0.858. The van der Waals surface area contributed by atoms with E-state index in [-0.39, 0.29) is 5.91 Å². The Labute approximate surface area is 98.2 Å². The molecule has 0 aliphatic carbocycles. The van der Waals surface area contributed by atoms with Crippen molar-refractivity contribution in [1.29, 1.82) is 0 Å². The first-order valence-electron chi connectivity index (χ1n) is 5.31. The van der Waals surface area contributed by atoms with E-state index >= 15 is 0 Å². The van der Waals surface area contributed by atoms with Crippen LogP contribution in [0, 0.1) is 6.92 Å². The molecule has 2 heterocycles. The number of aromatic nitrogens is 2. The molecule has 1 N–H and O–H groups in total. The molecule has 5 nitrogen and oxygen atoms in total. The molecule has 6 heteroatoms. The minimum Gasteiger partial charge on any atom is -0.365 e. The van der Waals surface area contributed by atoms with E-state index < -0.39 is 5.60 Å². The second-order valence-corrected chi connectivity index (χ2v) is 5.35. The molecule has 0 bridgehead atoms. The molecule has 2 rings (SSSR count). The standard InChI is InChI=1S/C10H15N3O2S/c1-7-12-13-8(16-7)6-11-9(14)10(2)4-3-5-15-10/h3-6H2,1-2H3,(H,11,14). The minimum atomic E-state index is -0.653. The Bertz CT molecular complexity index is 385. The monoisotopic (exact) mass is 241 g/mol. The molecule has 0 radical (unpaired) electrons. The number of nitrogens with zero attached hydrogens (tertiary/aromatic N) is 2. The van der Waals surface area contributed by atoms with Crippen LogP contribution in [-0.4, -0.2) is 28.3 Å². The highest BCUT2D eigenvalue weighted by Crippen LogP contribution is 2.25. The molecular weight excluding hydrogens is 226 g/mol. The number of carbonyl (C=O) groups is 1. The van der Waals surface area contributed by atoms with E-state index in [1.165, 1.54) is 11.3 Å². The molecule has 0 spiro atoms. The SMILES string of the molecule is Cc1nnc(CNC(=O)C2(C)CCCO2)s1. The maximum atomic E-state index is 11.9. The Morgan fingerprint density at radius 3 is 3.00 bits per heavy atom. The van der Waals surface area contributed by atoms with Crippen LogP contribution in [0.3, 0.4) is 0 Å². The van der Waals surface area contributed by atoms with Crippen LogP contribution in [0.2, 0.25) is 0 Å². The van der Waals surface area contributed by atoms with Crippen molar-refractivity contribution in [3.05, 3.63) is 10.0 Å². The van der Waals surface area contributed by atoms with Crippen LogP contribution in [0.5, 0.6) is 0 Å². The zero-order valence-electron chi connectivity index (χ0n) is 9.45. The maximum Gasteiger partial charge on any atom is 0.252 e. The van der Waals surface area contributed by atoms with Crippen LogP contribution in [0.25, 0.3) is 0 Å². The third kappa shape index (κ3) is 2.38. The summed E-state index contributed by atoms with van der Waals surface area (Å²) in [5.74, 6) is -0.0575. The summed E-state index contributed by atoms with van der Waals surface area (Å²) >= 11 is 1.49. The first-order valence-corrected chi connectivity index (χ1v) is 6.13. The molecule has 88 valence electrons. The molecule has 1 aromatic rings. The summed E-state index contributed by atoms with van der Waals surface area (Å²) < 4.78 is 5.45. The lowest BCUT2D eigenvalue weighted by atomic mass is 10.0. The molecular formula is C10H15N3O2S. The van der Waals surface area contributed by atoms with Crippen LogP contribution < -0.4 is 5.32 Å². The van der Waals surface area contributed by atoms with Crippen molar-refractivity contribution >= 4 is 17.2 Å². The highest BCUT2D eigenvalue weighted by atomic mass is 32.1. The summed E-state index contributed by atoms with van der Waals surface area (Å²) in [6.45, 7) is 4.83. The van der Waals surface area contributed by atoms with Crippen LogP contribution >= 0.6 is 11.3 Å². The summed E-state index contributed by atoms with van der Waals surface area (Å²) in [4.78, 5) is 11.9. The van der Waals surface area contributed by atoms with Gasteiger partial charge in [0.2, 0.25) is 0 Å². The van der Waals surface area contributed by atoms with Crippen molar-refractivity contribution in [3.8, 4) is 0 Å². The number of hydrogen-bond donors (Lipinski definition) is 1. The number of ether oxygens (including phenoxy) is 1. The Morgan fingerprint density at radius 2 is 2.44 bits per heavy atom. The van der Waals surface area contributed by atoms with E-state index in [1.807, 2.05) is 13.8 Å². The molecule has 1 aromatic heterocycles. The molecule has 1 amide bonds. The number of hydrogen-bond acceptors (Lipinski definition) is 5. The average Bonchev–Trinajstić information content (AvgIpc) is 2.85. The third-order valence-electron chi connectivity index (χ3n) is 2.67. The van der Waals surface area contributed by atoms with Gasteiger partial charge in [-0.05, 0) is 26.7 Å². The van der Waals surface area contributed by atoms with Crippen molar-refractivity contribution in [1.82, 2.24) is 15.5 Å². The number of amides is 1. The van der Waals surface area contributed by atoms with Crippen molar-refractivity contribution in [2.24, 2.45) is 0 Å². The van der Waals surface area contributed by atoms with Gasteiger partial charge in [-0.2, -0.15) is 0 Å². The Morgan fingerprint density at radius 1 is 1.62 bits per heavy atom. The summed E-state index contributed by atoms with van der Waals surface area (Å²) in [6, 6.07) is 0. The van der Waals surface area contributed by atoms with Crippen LogP contribution in [0.1, 0.15) is 29.8 Å². The largest absolute Gasteiger partial charge is 0.365 e. The molecule has 0 aromatic carbocycles. The second-order valence-electron chi connectivity index (χ2n) is 4.08. The second kappa shape index (κ2) is 4.47. The summed E-state index contributed by atoms with van der Waals surface area (Å²) in [7, 11) is 0. The van der Waals surface area contributed by atoms with Gasteiger partial charge in [0.1, 0.15) is 15.6 Å². The van der Waals surface area contributed by atoms with Gasteiger partial charge in [-0.3, -0.25) is 4.79 Å². The van der Waals surface area contributed by atoms with Crippen molar-refractivity contribution in [2.45, 2.75) is 38.8 Å². The number of nitrogens with one attached hydrogen (secondary N) is 1. The number of carbonyl (C=O) groups excluding carboxylic acids is 1. The zero-order valence-corrected chi connectivity index (χ0v) is 10.3. The van der Waals surface area contributed by atoms with Gasteiger partial charge in [-0.25, -0.2) is 0 Å². The predicted molar refractivity (Wildman–Crippen MR) is 60.1 cm³/mol. The molecule has 1 aliphatic heterocycles. The molecule has 1 atom stereocenters. The average molecular weight is 241 g/mol. The van der Waals surface area contributed by atoms with Crippen molar-refractivity contribution in [3.63, 3.8) is 0 Å². The van der Waals surface area contributed by atoms with E-state index in [2.05, 4.69) is 15.5 Å². The van der Waals surface area contributed by atoms with Gasteiger partial charge in [0.25, 0.3) is 5.91 Å².